The predicted octanol–water partition coefficient (Wildman–Crippen LogP) is 6.74. The quantitative estimate of drug-likeness (QED) is 0.503. The second-order valence-corrected chi connectivity index (χ2v) is 8.24. The molecule has 0 aromatic heterocycles. The Labute approximate surface area is 165 Å². The van der Waals surface area contributed by atoms with Crippen LogP contribution in [0.5, 0.6) is 0 Å². The molecule has 3 aromatic carbocycles. The normalized spacial score (nSPS) is 12.5. The molecule has 4 rings (SSSR count). The third kappa shape index (κ3) is 3.17. The van der Waals surface area contributed by atoms with Gasteiger partial charge in [0.25, 0.3) is 0 Å². The second-order valence-electron chi connectivity index (χ2n) is 6.22. The van der Waals surface area contributed by atoms with Gasteiger partial charge in [0.15, 0.2) is 0 Å². The van der Waals surface area contributed by atoms with E-state index in [1.165, 1.54) is 33.6 Å². The molecule has 0 aliphatic carbocycles. The molecule has 0 atom stereocenters. The number of hydrogen-bond donors (Lipinski definition) is 1. The van der Waals surface area contributed by atoms with E-state index in [9.17, 15) is 0 Å². The first-order chi connectivity index (χ1) is 12.8. The third-order valence-corrected chi connectivity index (χ3v) is 5.98. The zero-order chi connectivity index (χ0) is 17.9. The van der Waals surface area contributed by atoms with Crippen molar-refractivity contribution in [2.75, 3.05) is 10.7 Å². The van der Waals surface area contributed by atoms with E-state index >= 15 is 0 Å². The van der Waals surface area contributed by atoms with Gasteiger partial charge in [-0.1, -0.05) is 73.7 Å². The van der Waals surface area contributed by atoms with Crippen LogP contribution in [-0.2, 0) is 6.54 Å². The summed E-state index contributed by atoms with van der Waals surface area (Å²) < 4.78 is 1.09. The highest BCUT2D eigenvalue weighted by atomic mass is 32.2. The number of benzene rings is 3. The first kappa shape index (κ1) is 17.3. The van der Waals surface area contributed by atoms with Crippen molar-refractivity contribution in [1.82, 2.24) is 0 Å². The number of para-hydroxylation sites is 2. The van der Waals surface area contributed by atoms with Crippen LogP contribution in [0.1, 0.15) is 23.6 Å². The zero-order valence-corrected chi connectivity index (χ0v) is 16.4. The van der Waals surface area contributed by atoms with Crippen LogP contribution in [0.4, 0.5) is 11.4 Å². The second kappa shape index (κ2) is 7.65. The first-order valence-corrected chi connectivity index (χ1v) is 10.3. The van der Waals surface area contributed by atoms with Crippen molar-refractivity contribution in [2.24, 2.45) is 0 Å². The highest BCUT2D eigenvalue weighted by molar-refractivity contribution is 8.15. The van der Waals surface area contributed by atoms with E-state index in [0.717, 1.165) is 16.5 Å². The van der Waals surface area contributed by atoms with Gasteiger partial charge in [0.05, 0.1) is 0 Å². The number of thiol groups is 1. The average Bonchev–Trinajstić information content (AvgIpc) is 2.69. The molecule has 1 aliphatic rings. The molecule has 1 nitrogen and oxygen atoms in total. The summed E-state index contributed by atoms with van der Waals surface area (Å²) in [6.07, 6.45) is 0. The van der Waals surface area contributed by atoms with Gasteiger partial charge in [0, 0.05) is 38.9 Å². The Balaban J connectivity index is 1.91. The molecule has 0 N–H and O–H groups in total. The van der Waals surface area contributed by atoms with Crippen LogP contribution >= 0.6 is 24.4 Å². The largest absolute Gasteiger partial charge is 0.336 e. The van der Waals surface area contributed by atoms with Crippen LogP contribution < -0.4 is 4.90 Å². The lowest BCUT2D eigenvalue weighted by Crippen LogP contribution is -2.22. The molecule has 0 spiro atoms. The van der Waals surface area contributed by atoms with Crippen molar-refractivity contribution in [3.8, 4) is 0 Å². The maximum absolute atomic E-state index is 4.86. The number of thioether (sulfide) groups is 1. The summed E-state index contributed by atoms with van der Waals surface area (Å²) in [4.78, 5) is 2.42. The van der Waals surface area contributed by atoms with Crippen LogP contribution in [0.3, 0.4) is 0 Å². The van der Waals surface area contributed by atoms with Gasteiger partial charge in [0.1, 0.15) is 0 Å². The highest BCUT2D eigenvalue weighted by Gasteiger charge is 2.27. The van der Waals surface area contributed by atoms with E-state index in [-0.39, 0.29) is 0 Å². The molecule has 0 bridgehead atoms. The first-order valence-electron chi connectivity index (χ1n) is 8.86. The average molecular weight is 376 g/mol. The van der Waals surface area contributed by atoms with Gasteiger partial charge >= 0.3 is 0 Å². The molecule has 130 valence electrons. The molecule has 0 saturated carbocycles. The molecule has 0 amide bonds. The lowest BCUT2D eigenvalue weighted by Gasteiger charge is -2.35. The molecule has 0 fully saturated rings. The number of fused-ring (bicyclic) bond motifs is 2. The fourth-order valence-electron chi connectivity index (χ4n) is 3.49. The molecule has 26 heavy (non-hydrogen) atoms. The number of rotatable bonds is 4. The van der Waals surface area contributed by atoms with Crippen molar-refractivity contribution in [2.45, 2.75) is 13.5 Å². The number of nitrogens with zero attached hydrogens (tertiary/aromatic N) is 1. The van der Waals surface area contributed by atoms with E-state index in [1.807, 2.05) is 0 Å². The molecule has 0 saturated heterocycles. The SMILES string of the molecule is CCSC(S)=C1c2ccccc2N(Cc2ccccc2)c2ccccc21. The lowest BCUT2D eigenvalue weighted by molar-refractivity contribution is 0.963. The Hall–Kier alpha value is -2.10. The summed E-state index contributed by atoms with van der Waals surface area (Å²) in [6.45, 7) is 3.02. The van der Waals surface area contributed by atoms with E-state index in [2.05, 4.69) is 90.7 Å². The molecule has 1 heterocycles. The van der Waals surface area contributed by atoms with Crippen molar-refractivity contribution < 1.29 is 0 Å². The topological polar surface area (TPSA) is 3.24 Å². The molecular weight excluding hydrogens is 354 g/mol. The summed E-state index contributed by atoms with van der Waals surface area (Å²) in [7, 11) is 0. The monoisotopic (exact) mass is 375 g/mol. The maximum atomic E-state index is 4.86. The molecule has 0 unspecified atom stereocenters. The van der Waals surface area contributed by atoms with Crippen molar-refractivity contribution in [3.05, 3.63) is 99.8 Å². The summed E-state index contributed by atoms with van der Waals surface area (Å²) in [5.41, 5.74) is 7.55. The Bertz CT molecular complexity index is 898. The van der Waals surface area contributed by atoms with Crippen LogP contribution in [0.25, 0.3) is 5.57 Å². The van der Waals surface area contributed by atoms with Crippen LogP contribution in [0, 0.1) is 0 Å². The zero-order valence-electron chi connectivity index (χ0n) is 14.7. The van der Waals surface area contributed by atoms with Gasteiger partial charge < -0.3 is 4.90 Å². The number of hydrogen-bond acceptors (Lipinski definition) is 3. The summed E-state index contributed by atoms with van der Waals surface area (Å²) >= 11 is 6.65. The summed E-state index contributed by atoms with van der Waals surface area (Å²) in [6, 6.07) is 28.0. The Morgan fingerprint density at radius 3 is 1.92 bits per heavy atom. The Morgan fingerprint density at radius 1 is 0.808 bits per heavy atom. The Kier molecular flexibility index (Phi) is 5.09. The van der Waals surface area contributed by atoms with Crippen molar-refractivity contribution in [1.29, 1.82) is 0 Å². The van der Waals surface area contributed by atoms with E-state index in [4.69, 9.17) is 12.6 Å². The fourth-order valence-corrected chi connectivity index (χ4v) is 4.76. The minimum Gasteiger partial charge on any atom is -0.336 e. The van der Waals surface area contributed by atoms with Gasteiger partial charge in [-0.05, 0) is 23.4 Å². The minimum atomic E-state index is 0.852. The molecular formula is C23H21NS2. The third-order valence-electron chi connectivity index (χ3n) is 4.61. The summed E-state index contributed by atoms with van der Waals surface area (Å²) in [5.74, 6) is 1.01. The van der Waals surface area contributed by atoms with Crippen molar-refractivity contribution in [3.63, 3.8) is 0 Å². The van der Waals surface area contributed by atoms with Crippen LogP contribution in [0.2, 0.25) is 0 Å². The van der Waals surface area contributed by atoms with Gasteiger partial charge in [-0.15, -0.1) is 24.4 Å². The molecule has 3 aromatic rings. The smallest absolute Gasteiger partial charge is 0.0494 e. The number of anilines is 2. The molecule has 1 aliphatic heterocycles. The lowest BCUT2D eigenvalue weighted by atomic mass is 9.91. The maximum Gasteiger partial charge on any atom is 0.0494 e. The molecule has 0 radical (unpaired) electrons. The van der Waals surface area contributed by atoms with Gasteiger partial charge in [-0.3, -0.25) is 0 Å². The van der Waals surface area contributed by atoms with Gasteiger partial charge in [-0.2, -0.15) is 0 Å². The molecule has 3 heteroatoms. The standard InChI is InChI=1S/C23H21NS2/c1-2-26-23(25)22-18-12-6-8-14-20(18)24(16-17-10-4-3-5-11-17)21-15-9-7-13-19(21)22/h3-15,25H,2,16H2,1H3. The Morgan fingerprint density at radius 2 is 1.35 bits per heavy atom. The van der Waals surface area contributed by atoms with E-state index in [0.29, 0.717) is 0 Å². The van der Waals surface area contributed by atoms with Gasteiger partial charge in [-0.25, -0.2) is 0 Å². The van der Waals surface area contributed by atoms with Crippen LogP contribution in [-0.4, -0.2) is 5.75 Å². The highest BCUT2D eigenvalue weighted by Crippen LogP contribution is 2.48. The minimum absolute atomic E-state index is 0.852. The van der Waals surface area contributed by atoms with E-state index < -0.39 is 0 Å². The van der Waals surface area contributed by atoms with Crippen LogP contribution in [0.15, 0.2) is 83.1 Å². The van der Waals surface area contributed by atoms with Gasteiger partial charge in [0.2, 0.25) is 0 Å². The summed E-state index contributed by atoms with van der Waals surface area (Å²) in [5, 5.41) is 0. The predicted molar refractivity (Wildman–Crippen MR) is 118 cm³/mol. The van der Waals surface area contributed by atoms with E-state index in [1.54, 1.807) is 11.8 Å². The fraction of sp³-hybridized carbons (Fsp3) is 0.130. The van der Waals surface area contributed by atoms with Crippen molar-refractivity contribution >= 4 is 41.3 Å².